The Morgan fingerprint density at radius 3 is 1.51 bits per heavy atom. The minimum Gasteiger partial charge on any atom is -0.347 e. The van der Waals surface area contributed by atoms with E-state index in [2.05, 4.69) is 141 Å². The van der Waals surface area contributed by atoms with Crippen molar-refractivity contribution in [2.75, 3.05) is 57.1 Å². The summed E-state index contributed by atoms with van der Waals surface area (Å²) in [7, 11) is 6.69. The molecule has 0 unspecified atom stereocenters. The number of piperazine rings is 1. The van der Waals surface area contributed by atoms with Gasteiger partial charge in [-0.15, -0.1) is 0 Å². The van der Waals surface area contributed by atoms with Crippen molar-refractivity contribution in [2.24, 2.45) is 0 Å². The minimum atomic E-state index is -0.0121. The fourth-order valence-electron chi connectivity index (χ4n) is 7.64. The highest BCUT2D eigenvalue weighted by atomic mass is 15.2. The van der Waals surface area contributed by atoms with Crippen LogP contribution in [0.1, 0.15) is 58.1 Å². The van der Waals surface area contributed by atoms with Crippen molar-refractivity contribution in [1.82, 2.24) is 4.90 Å². The topological polar surface area (TPSA) is 12.7 Å². The number of fused-ring (bicyclic) bond motifs is 2. The molecule has 0 aromatic heterocycles. The molecule has 1 saturated carbocycles. The number of likely N-dealkylation sites (N-methyl/N-ethyl adjacent to an activating group) is 3. The summed E-state index contributed by atoms with van der Waals surface area (Å²) in [5, 5.41) is 0. The van der Waals surface area contributed by atoms with Crippen molar-refractivity contribution in [3.05, 3.63) is 107 Å². The van der Waals surface area contributed by atoms with Crippen molar-refractivity contribution >= 4 is 17.1 Å². The van der Waals surface area contributed by atoms with Gasteiger partial charge in [-0.25, -0.2) is 4.58 Å². The van der Waals surface area contributed by atoms with E-state index in [4.69, 9.17) is 0 Å². The molecule has 3 heterocycles. The van der Waals surface area contributed by atoms with E-state index in [1.165, 1.54) is 57.2 Å². The third-order valence-electron chi connectivity index (χ3n) is 10.1. The minimum absolute atomic E-state index is 0.0121. The lowest BCUT2D eigenvalue weighted by Gasteiger charge is -2.27. The smallest absolute Gasteiger partial charge is 0.206 e. The molecule has 0 atom stereocenters. The quantitative estimate of drug-likeness (QED) is 0.374. The van der Waals surface area contributed by atoms with Crippen LogP contribution in [0.5, 0.6) is 0 Å². The summed E-state index contributed by atoms with van der Waals surface area (Å²) in [5.74, 6) is 0. The van der Waals surface area contributed by atoms with E-state index in [-0.39, 0.29) is 10.8 Å². The summed E-state index contributed by atoms with van der Waals surface area (Å²) >= 11 is 0. The largest absolute Gasteiger partial charge is 0.347 e. The Labute approximate surface area is 247 Å². The Morgan fingerprint density at radius 1 is 0.634 bits per heavy atom. The van der Waals surface area contributed by atoms with E-state index in [1.54, 1.807) is 0 Å². The first-order chi connectivity index (χ1) is 19.6. The van der Waals surface area contributed by atoms with Gasteiger partial charge in [0.1, 0.15) is 0 Å². The van der Waals surface area contributed by atoms with Crippen LogP contribution >= 0.6 is 0 Å². The van der Waals surface area contributed by atoms with Crippen LogP contribution in [-0.4, -0.2) is 62.5 Å². The second-order valence-corrected chi connectivity index (χ2v) is 13.4. The van der Waals surface area contributed by atoms with Crippen LogP contribution in [-0.2, 0) is 10.8 Å². The van der Waals surface area contributed by atoms with E-state index < -0.39 is 0 Å². The van der Waals surface area contributed by atoms with Gasteiger partial charge in [0.05, 0.1) is 13.1 Å². The Balaban J connectivity index is 1.41. The summed E-state index contributed by atoms with van der Waals surface area (Å²) in [4.78, 5) is 7.24. The average Bonchev–Trinajstić information content (AvgIpc) is 3.28. The number of hydrogen-bond donors (Lipinski definition) is 0. The molecule has 2 aromatic rings. The molecular formula is C37H47N4+. The van der Waals surface area contributed by atoms with Gasteiger partial charge in [0, 0.05) is 58.8 Å². The monoisotopic (exact) mass is 547 g/mol. The van der Waals surface area contributed by atoms with E-state index in [1.807, 2.05) is 0 Å². The third-order valence-corrected chi connectivity index (χ3v) is 10.1. The average molecular weight is 548 g/mol. The highest BCUT2D eigenvalue weighted by Crippen LogP contribution is 2.48. The molecule has 4 heteroatoms. The maximum Gasteiger partial charge on any atom is 0.206 e. The van der Waals surface area contributed by atoms with Crippen molar-refractivity contribution in [1.29, 1.82) is 0 Å². The molecule has 1 saturated heterocycles. The van der Waals surface area contributed by atoms with Gasteiger partial charge in [0.15, 0.2) is 13.1 Å². The van der Waals surface area contributed by atoms with E-state index >= 15 is 0 Å². The number of benzene rings is 2. The molecule has 3 aliphatic heterocycles. The van der Waals surface area contributed by atoms with Gasteiger partial charge in [0.25, 0.3) is 0 Å². The first-order valence-electron chi connectivity index (χ1n) is 15.4. The van der Waals surface area contributed by atoms with Crippen LogP contribution in [0.3, 0.4) is 0 Å². The highest BCUT2D eigenvalue weighted by molar-refractivity contribution is 6.10. The zero-order chi connectivity index (χ0) is 28.9. The van der Waals surface area contributed by atoms with Gasteiger partial charge in [0.2, 0.25) is 5.71 Å². The molecule has 1 aliphatic carbocycles. The van der Waals surface area contributed by atoms with Gasteiger partial charge in [-0.05, 0) is 61.7 Å². The van der Waals surface area contributed by atoms with Crippen molar-refractivity contribution in [3.63, 3.8) is 0 Å². The summed E-state index contributed by atoms with van der Waals surface area (Å²) in [6.45, 7) is 13.8. The molecule has 2 aromatic carbocycles. The van der Waals surface area contributed by atoms with Crippen molar-refractivity contribution in [2.45, 2.75) is 57.8 Å². The van der Waals surface area contributed by atoms with Gasteiger partial charge in [-0.3, -0.25) is 4.90 Å². The zero-order valence-electron chi connectivity index (χ0n) is 26.2. The van der Waals surface area contributed by atoms with Gasteiger partial charge in [-0.2, -0.15) is 0 Å². The van der Waals surface area contributed by atoms with Crippen LogP contribution in [0, 0.1) is 0 Å². The van der Waals surface area contributed by atoms with Crippen LogP contribution < -0.4 is 9.80 Å². The molecule has 0 amide bonds. The maximum atomic E-state index is 2.67. The van der Waals surface area contributed by atoms with Gasteiger partial charge in [-0.1, -0.05) is 76.2 Å². The molecule has 4 aliphatic rings. The summed E-state index contributed by atoms with van der Waals surface area (Å²) < 4.78 is 2.67. The Kier molecular flexibility index (Phi) is 7.10. The predicted molar refractivity (Wildman–Crippen MR) is 174 cm³/mol. The summed E-state index contributed by atoms with van der Waals surface area (Å²) in [5.41, 5.74) is 12.6. The first-order valence-corrected chi connectivity index (χ1v) is 15.4. The number of para-hydroxylation sites is 2. The Bertz CT molecular complexity index is 1400. The van der Waals surface area contributed by atoms with E-state index in [9.17, 15) is 0 Å². The normalized spacial score (nSPS) is 26.0. The number of nitrogens with zero attached hydrogens (tertiary/aromatic N) is 4. The molecule has 0 spiro atoms. The second-order valence-electron chi connectivity index (χ2n) is 13.4. The maximum absolute atomic E-state index is 2.67. The first kappa shape index (κ1) is 27.8. The standard InChI is InChI=1S/C37H47N4/c1-36(2)29-15-8-10-17-31(29)39(6)33(36)21-19-27-13-12-14-28(35(27)41-25-23-38(5)24-26-41)20-22-34-37(3,4)30-16-9-11-18-32(30)40(34)7/h8-11,15-22H,12-14,23-26H2,1-7H3/q+1. The summed E-state index contributed by atoms with van der Waals surface area (Å²) in [6, 6.07) is 17.7. The molecule has 4 nitrogen and oxygen atoms in total. The van der Waals surface area contributed by atoms with E-state index in [0.29, 0.717) is 0 Å². The van der Waals surface area contributed by atoms with Crippen molar-refractivity contribution < 1.29 is 4.58 Å². The van der Waals surface area contributed by atoms with Crippen LogP contribution in [0.25, 0.3) is 0 Å². The molecule has 6 rings (SSSR count). The van der Waals surface area contributed by atoms with Gasteiger partial charge >= 0.3 is 0 Å². The van der Waals surface area contributed by atoms with Crippen molar-refractivity contribution in [3.8, 4) is 0 Å². The molecule has 214 valence electrons. The molecular weight excluding hydrogens is 500 g/mol. The molecule has 41 heavy (non-hydrogen) atoms. The Hall–Kier alpha value is -3.37. The lowest BCUT2D eigenvalue weighted by Crippen LogP contribution is -2.43. The number of hydrogen-bond acceptors (Lipinski definition) is 3. The fourth-order valence-corrected chi connectivity index (χ4v) is 7.64. The molecule has 0 N–H and O–H groups in total. The lowest BCUT2D eigenvalue weighted by molar-refractivity contribution is -0.538. The number of allylic oxidation sites excluding steroid dienone is 8. The zero-order valence-corrected chi connectivity index (χ0v) is 26.2. The van der Waals surface area contributed by atoms with Gasteiger partial charge < -0.3 is 9.80 Å². The summed E-state index contributed by atoms with van der Waals surface area (Å²) in [6.07, 6.45) is 13.2. The van der Waals surface area contributed by atoms with Crippen LogP contribution in [0.2, 0.25) is 0 Å². The number of rotatable bonds is 2. The molecule has 0 radical (unpaired) electrons. The SMILES string of the molecule is CN1CC[N+](=C2/C(=C\C=C3/N(C)c4ccccc4C3(C)C)CCC/C2=C\C=C2\N(C)c3ccccc3C2(C)C)CC1. The Morgan fingerprint density at radius 2 is 1.07 bits per heavy atom. The van der Waals surface area contributed by atoms with Crippen LogP contribution in [0.4, 0.5) is 11.4 Å². The fraction of sp³-hybridized carbons (Fsp3) is 0.432. The molecule has 0 bridgehead atoms. The lowest BCUT2D eigenvalue weighted by atomic mass is 9.82. The van der Waals surface area contributed by atoms with Crippen LogP contribution in [0.15, 0.2) is 95.4 Å². The third kappa shape index (κ3) is 4.70. The predicted octanol–water partition coefficient (Wildman–Crippen LogP) is 7.05. The van der Waals surface area contributed by atoms with E-state index in [0.717, 1.165) is 39.0 Å². The number of anilines is 2. The molecule has 2 fully saturated rings. The highest BCUT2D eigenvalue weighted by Gasteiger charge is 2.39. The second kappa shape index (κ2) is 10.5.